The average molecular weight is 542 g/mol. The van der Waals surface area contributed by atoms with Crippen molar-refractivity contribution >= 4 is 44.5 Å². The Morgan fingerprint density at radius 2 is 1.95 bits per heavy atom. The molecule has 0 amide bonds. The first-order chi connectivity index (χ1) is 18.8. The van der Waals surface area contributed by atoms with Crippen molar-refractivity contribution in [3.63, 3.8) is 0 Å². The Balaban J connectivity index is 1.43. The highest BCUT2D eigenvalue weighted by molar-refractivity contribution is 7.92. The number of para-hydroxylation sites is 1. The van der Waals surface area contributed by atoms with Crippen LogP contribution in [0.3, 0.4) is 0 Å². The number of anilines is 2. The molecule has 0 unspecified atom stereocenters. The summed E-state index contributed by atoms with van der Waals surface area (Å²) >= 11 is 0. The van der Waals surface area contributed by atoms with Crippen LogP contribution in [0.2, 0.25) is 0 Å². The van der Waals surface area contributed by atoms with Crippen LogP contribution in [0.25, 0.3) is 17.1 Å². The highest BCUT2D eigenvalue weighted by Gasteiger charge is 2.27. The van der Waals surface area contributed by atoms with E-state index in [9.17, 15) is 13.2 Å². The molecule has 0 spiro atoms. The van der Waals surface area contributed by atoms with Gasteiger partial charge in [-0.1, -0.05) is 36.4 Å². The van der Waals surface area contributed by atoms with Crippen molar-refractivity contribution in [1.82, 2.24) is 9.55 Å². The van der Waals surface area contributed by atoms with Crippen molar-refractivity contribution in [2.75, 3.05) is 29.3 Å². The van der Waals surface area contributed by atoms with E-state index in [2.05, 4.69) is 10.8 Å². The quantitative estimate of drug-likeness (QED) is 0.332. The predicted molar refractivity (Wildman–Crippen MR) is 150 cm³/mol. The van der Waals surface area contributed by atoms with Crippen LogP contribution in [0, 0.1) is 11.3 Å². The number of sulfonamides is 1. The van der Waals surface area contributed by atoms with E-state index in [1.54, 1.807) is 42.2 Å². The maximum Gasteiger partial charge on any atom is 0.325 e. The van der Waals surface area contributed by atoms with Crippen molar-refractivity contribution in [1.29, 1.82) is 5.26 Å². The monoisotopic (exact) mass is 541 g/mol. The van der Waals surface area contributed by atoms with Crippen LogP contribution in [0.1, 0.15) is 29.4 Å². The summed E-state index contributed by atoms with van der Waals surface area (Å²) in [5.41, 5.74) is 4.69. The van der Waals surface area contributed by atoms with Crippen molar-refractivity contribution in [3.05, 3.63) is 89.3 Å². The Morgan fingerprint density at radius 3 is 2.69 bits per heavy atom. The van der Waals surface area contributed by atoms with E-state index in [0.29, 0.717) is 41.0 Å². The Hall–Kier alpha value is -4.62. The summed E-state index contributed by atoms with van der Waals surface area (Å²) in [4.78, 5) is 18.7. The van der Waals surface area contributed by atoms with Gasteiger partial charge in [0, 0.05) is 20.0 Å². The minimum Gasteiger partial charge on any atom is -0.465 e. The molecule has 4 aromatic rings. The third-order valence-electron chi connectivity index (χ3n) is 6.56. The lowest BCUT2D eigenvalue weighted by atomic mass is 10.1. The number of nitriles is 1. The normalized spacial score (nSPS) is 12.7. The lowest BCUT2D eigenvalue weighted by Gasteiger charge is -2.29. The molecule has 0 saturated heterocycles. The fourth-order valence-electron chi connectivity index (χ4n) is 4.69. The van der Waals surface area contributed by atoms with Crippen molar-refractivity contribution in [3.8, 4) is 6.07 Å². The smallest absolute Gasteiger partial charge is 0.325 e. The molecule has 198 valence electrons. The number of carbonyl (C=O) groups is 1. The van der Waals surface area contributed by atoms with E-state index >= 15 is 0 Å². The molecule has 39 heavy (non-hydrogen) atoms. The Morgan fingerprint density at radius 1 is 1.15 bits per heavy atom. The van der Waals surface area contributed by atoms with Crippen LogP contribution < -0.4 is 9.62 Å². The largest absolute Gasteiger partial charge is 0.465 e. The standard InChI is InChI=1S/C29H27N5O4S/c1-3-38-28(35)19-34-15-5-7-22-6-4-8-26(29(22)34)39(36,37)32-23-13-14-25-24(17-23)31-27(33(25)2)16-20-9-11-21(18-30)12-10-20/h4-14,17,32H,3,15-16,19H2,1-2H3. The zero-order chi connectivity index (χ0) is 27.6. The number of aromatic nitrogens is 2. The number of rotatable bonds is 8. The fourth-order valence-corrected chi connectivity index (χ4v) is 6.00. The second kappa shape index (κ2) is 10.6. The summed E-state index contributed by atoms with van der Waals surface area (Å²) < 4.78 is 37.0. The molecule has 10 heteroatoms. The number of hydrogen-bond acceptors (Lipinski definition) is 7. The molecule has 0 atom stereocenters. The first kappa shape index (κ1) is 26.0. The number of aryl methyl sites for hydroxylation is 1. The van der Waals surface area contributed by atoms with Crippen LogP contribution in [0.4, 0.5) is 11.4 Å². The minimum absolute atomic E-state index is 0.0559. The molecule has 3 aromatic carbocycles. The maximum atomic E-state index is 13.6. The maximum absolute atomic E-state index is 13.6. The second-order valence-corrected chi connectivity index (χ2v) is 10.8. The molecule has 5 rings (SSSR count). The van der Waals surface area contributed by atoms with E-state index in [4.69, 9.17) is 15.0 Å². The topological polar surface area (TPSA) is 117 Å². The average Bonchev–Trinajstić information content (AvgIpc) is 3.22. The summed E-state index contributed by atoms with van der Waals surface area (Å²) in [5, 5.41) is 9.02. The Kier molecular flexibility index (Phi) is 7.09. The van der Waals surface area contributed by atoms with Crippen molar-refractivity contribution in [2.45, 2.75) is 18.2 Å². The van der Waals surface area contributed by atoms with Gasteiger partial charge in [0.15, 0.2) is 0 Å². The Bertz CT molecular complexity index is 1730. The summed E-state index contributed by atoms with van der Waals surface area (Å²) in [6, 6.07) is 19.8. The van der Waals surface area contributed by atoms with Crippen LogP contribution in [0.15, 0.2) is 71.6 Å². The van der Waals surface area contributed by atoms with Crippen LogP contribution in [-0.2, 0) is 33.0 Å². The molecule has 0 bridgehead atoms. The first-order valence-corrected chi connectivity index (χ1v) is 13.9. The van der Waals surface area contributed by atoms with Gasteiger partial charge < -0.3 is 14.2 Å². The Labute approximate surface area is 227 Å². The van der Waals surface area contributed by atoms with E-state index < -0.39 is 16.0 Å². The molecule has 9 nitrogen and oxygen atoms in total. The molecular formula is C29H27N5O4S. The number of ether oxygens (including phenoxy) is 1. The molecule has 1 aliphatic rings. The summed E-state index contributed by atoms with van der Waals surface area (Å²) in [6.45, 7) is 2.32. The molecule has 2 heterocycles. The van der Waals surface area contributed by atoms with Gasteiger partial charge in [0.1, 0.15) is 17.3 Å². The third-order valence-corrected chi connectivity index (χ3v) is 7.97. The van der Waals surface area contributed by atoms with Gasteiger partial charge in [-0.25, -0.2) is 13.4 Å². The first-order valence-electron chi connectivity index (χ1n) is 12.5. The highest BCUT2D eigenvalue weighted by Crippen LogP contribution is 2.34. The predicted octanol–water partition coefficient (Wildman–Crippen LogP) is 4.23. The molecule has 0 radical (unpaired) electrons. The number of hydrogen-bond donors (Lipinski definition) is 1. The van der Waals surface area contributed by atoms with Gasteiger partial charge in [-0.15, -0.1) is 0 Å². The van der Waals surface area contributed by atoms with Gasteiger partial charge in [-0.2, -0.15) is 5.26 Å². The summed E-state index contributed by atoms with van der Waals surface area (Å²) in [5.74, 6) is 0.393. The van der Waals surface area contributed by atoms with Gasteiger partial charge in [0.25, 0.3) is 10.0 Å². The number of nitrogens with one attached hydrogen (secondary N) is 1. The number of fused-ring (bicyclic) bond motifs is 2. The molecule has 1 aromatic heterocycles. The SMILES string of the molecule is CCOC(=O)CN1CC=Cc2cccc(S(=O)(=O)Nc3ccc4c(c3)nc(Cc3ccc(C#N)cc3)n4C)c21. The molecule has 1 aliphatic heterocycles. The molecule has 1 N–H and O–H groups in total. The zero-order valence-corrected chi connectivity index (χ0v) is 22.4. The van der Waals surface area contributed by atoms with E-state index in [-0.39, 0.29) is 18.0 Å². The lowest BCUT2D eigenvalue weighted by Crippen LogP contribution is -2.34. The fraction of sp³-hybridized carbons (Fsp3) is 0.207. The van der Waals surface area contributed by atoms with Gasteiger partial charge >= 0.3 is 5.97 Å². The van der Waals surface area contributed by atoms with Gasteiger partial charge in [0.05, 0.1) is 40.6 Å². The lowest BCUT2D eigenvalue weighted by molar-refractivity contribution is -0.141. The zero-order valence-electron chi connectivity index (χ0n) is 21.6. The molecule has 0 aliphatic carbocycles. The second-order valence-electron chi connectivity index (χ2n) is 9.16. The van der Waals surface area contributed by atoms with Crippen LogP contribution >= 0.6 is 0 Å². The van der Waals surface area contributed by atoms with Gasteiger partial charge in [0.2, 0.25) is 0 Å². The highest BCUT2D eigenvalue weighted by atomic mass is 32.2. The molecular weight excluding hydrogens is 514 g/mol. The summed E-state index contributed by atoms with van der Waals surface area (Å²) in [7, 11) is -2.08. The number of benzene rings is 3. The van der Waals surface area contributed by atoms with Gasteiger partial charge in [-0.05, 0) is 54.4 Å². The summed E-state index contributed by atoms with van der Waals surface area (Å²) in [6.07, 6.45) is 4.30. The molecule has 0 fully saturated rings. The molecule has 0 saturated carbocycles. The minimum atomic E-state index is -4.00. The van der Waals surface area contributed by atoms with E-state index in [1.165, 1.54) is 6.07 Å². The van der Waals surface area contributed by atoms with E-state index in [0.717, 1.165) is 16.9 Å². The number of carbonyl (C=O) groups excluding carboxylic acids is 1. The number of imidazole rings is 1. The number of nitrogens with zero attached hydrogens (tertiary/aromatic N) is 4. The van der Waals surface area contributed by atoms with Crippen LogP contribution in [0.5, 0.6) is 0 Å². The van der Waals surface area contributed by atoms with E-state index in [1.807, 2.05) is 48.0 Å². The third kappa shape index (κ3) is 5.35. The van der Waals surface area contributed by atoms with Crippen LogP contribution in [-0.4, -0.2) is 43.6 Å². The van der Waals surface area contributed by atoms with Crippen molar-refractivity contribution in [2.24, 2.45) is 7.05 Å². The van der Waals surface area contributed by atoms with Crippen molar-refractivity contribution < 1.29 is 17.9 Å². The number of esters is 1. The van der Waals surface area contributed by atoms with Gasteiger partial charge in [-0.3, -0.25) is 9.52 Å².